The van der Waals surface area contributed by atoms with Gasteiger partial charge in [0.05, 0.1) is 0 Å². The average molecular weight is 279 g/mol. The summed E-state index contributed by atoms with van der Waals surface area (Å²) < 4.78 is 0. The second-order valence-corrected chi connectivity index (χ2v) is 3.06. The monoisotopic (exact) mass is 278 g/mol. The minimum Gasteiger partial charge on any atom is -1.00 e. The number of nitrogens with zero attached hydrogens (tertiary/aromatic N) is 1. The van der Waals surface area contributed by atoms with Crippen LogP contribution in [0.1, 0.15) is 41.0 Å². The van der Waals surface area contributed by atoms with Crippen LogP contribution in [-0.2, 0) is 21.7 Å². The number of aliphatic hydroxyl groups excluding tert-OH is 1. The molecule has 0 bridgehead atoms. The van der Waals surface area contributed by atoms with Crippen LogP contribution in [0.2, 0.25) is 0 Å². The van der Waals surface area contributed by atoms with E-state index in [1.165, 1.54) is 0 Å². The van der Waals surface area contributed by atoms with Crippen molar-refractivity contribution in [3.05, 3.63) is 5.32 Å². The number of aliphatic hydroxyl groups is 1. The van der Waals surface area contributed by atoms with Crippen molar-refractivity contribution in [3.8, 4) is 0 Å². The first-order valence-corrected chi connectivity index (χ1v) is 4.35. The third-order valence-electron chi connectivity index (χ3n) is 0.820. The van der Waals surface area contributed by atoms with Gasteiger partial charge in [-0.1, -0.05) is 34.6 Å². The summed E-state index contributed by atoms with van der Waals surface area (Å²) >= 11 is 0. The fourth-order valence-corrected chi connectivity index (χ4v) is 0.596. The molecule has 0 rings (SSSR count). The van der Waals surface area contributed by atoms with Crippen molar-refractivity contribution in [1.82, 2.24) is 0 Å². The Kier molecular flexibility index (Phi) is 50.1. The Balaban J connectivity index is -0.0000000347. The van der Waals surface area contributed by atoms with Crippen LogP contribution >= 0.6 is 0 Å². The molecule has 0 saturated carbocycles. The Morgan fingerprint density at radius 3 is 1.21 bits per heavy atom. The van der Waals surface area contributed by atoms with Gasteiger partial charge in [0.2, 0.25) is 0 Å². The molecule has 0 fully saturated rings. The average Bonchev–Trinajstić information content (AvgIpc) is 1.85. The Bertz CT molecular complexity index is 67.8. The van der Waals surface area contributed by atoms with E-state index >= 15 is 0 Å². The van der Waals surface area contributed by atoms with Crippen molar-refractivity contribution in [3.63, 3.8) is 0 Å². The quantitative estimate of drug-likeness (QED) is 0.536. The summed E-state index contributed by atoms with van der Waals surface area (Å²) in [6, 6.07) is 1.000. The first-order chi connectivity index (χ1) is 5.04. The summed E-state index contributed by atoms with van der Waals surface area (Å²) in [4.78, 5) is 0. The van der Waals surface area contributed by atoms with Crippen LogP contribution in [0.5, 0.6) is 0 Å². The maximum Gasteiger partial charge on any atom is 3.00 e. The molecule has 0 spiro atoms. The molecule has 87 valence electrons. The molecule has 0 heterocycles. The number of halogens is 2. The zero-order valence-electron chi connectivity index (χ0n) is 9.72. The second-order valence-electron chi connectivity index (χ2n) is 3.06. The molecule has 1 N–H and O–H groups in total. The second kappa shape index (κ2) is 23.8. The molecule has 2 nitrogen and oxygen atoms in total. The maximum absolute atomic E-state index is 7.88. The molecule has 0 saturated heterocycles. The van der Waals surface area contributed by atoms with Crippen molar-refractivity contribution in [2.24, 2.45) is 0 Å². The van der Waals surface area contributed by atoms with E-state index < -0.39 is 0 Å². The molecule has 0 unspecified atom stereocenters. The summed E-state index contributed by atoms with van der Waals surface area (Å²) in [5.41, 5.74) is 0. The molecule has 0 aromatic carbocycles. The van der Waals surface area contributed by atoms with Gasteiger partial charge in [0, 0.05) is 6.61 Å². The Morgan fingerprint density at radius 2 is 1.21 bits per heavy atom. The van der Waals surface area contributed by atoms with E-state index in [0.29, 0.717) is 18.7 Å². The van der Waals surface area contributed by atoms with Crippen LogP contribution in [0.15, 0.2) is 0 Å². The summed E-state index contributed by atoms with van der Waals surface area (Å²) in [6.45, 7) is 10.6. The van der Waals surface area contributed by atoms with Crippen LogP contribution in [0.3, 0.4) is 0 Å². The van der Waals surface area contributed by atoms with Gasteiger partial charge in [-0.15, -0.1) is 12.1 Å². The smallest absolute Gasteiger partial charge is 1.00 e. The molecule has 0 atom stereocenters. The fraction of sp³-hybridized carbons (Fsp3) is 1.00. The number of rotatable bonds is 3. The summed E-state index contributed by atoms with van der Waals surface area (Å²) in [5.74, 6) is 0. The minimum atomic E-state index is 0. The topological polar surface area (TPSA) is 34.3 Å². The van der Waals surface area contributed by atoms with Crippen molar-refractivity contribution >= 4 is 0 Å². The molecular formula is C9H22Cl2NOTi. The molecule has 0 amide bonds. The van der Waals surface area contributed by atoms with E-state index in [4.69, 9.17) is 5.11 Å². The van der Waals surface area contributed by atoms with Crippen LogP contribution in [0, 0.1) is 0 Å². The van der Waals surface area contributed by atoms with E-state index in [2.05, 4.69) is 33.0 Å². The number of hydrogen-bond donors (Lipinski definition) is 1. The Morgan fingerprint density at radius 1 is 1.00 bits per heavy atom. The first-order valence-electron chi connectivity index (χ1n) is 4.35. The normalized spacial score (nSPS) is 7.71. The van der Waals surface area contributed by atoms with Crippen LogP contribution < -0.4 is 24.8 Å². The van der Waals surface area contributed by atoms with E-state index in [0.717, 1.165) is 6.42 Å². The molecule has 0 aliphatic heterocycles. The maximum atomic E-state index is 7.88. The Hall–Kier alpha value is 1.21. The fourth-order valence-electron chi connectivity index (χ4n) is 0.596. The summed E-state index contributed by atoms with van der Waals surface area (Å²) in [7, 11) is 0. The van der Waals surface area contributed by atoms with Gasteiger partial charge in [-0.05, 0) is 6.42 Å². The van der Waals surface area contributed by atoms with Crippen LogP contribution in [-0.4, -0.2) is 23.8 Å². The minimum absolute atomic E-state index is 0. The molecule has 1 radical (unpaired) electrons. The first kappa shape index (κ1) is 29.5. The van der Waals surface area contributed by atoms with Gasteiger partial charge in [0.15, 0.2) is 0 Å². The molecule has 0 aromatic rings. The van der Waals surface area contributed by atoms with E-state index in [9.17, 15) is 0 Å². The molecule has 0 aliphatic rings. The molecule has 0 aliphatic carbocycles. The predicted molar refractivity (Wildman–Crippen MR) is 51.0 cm³/mol. The third-order valence-corrected chi connectivity index (χ3v) is 0.820. The largest absolute Gasteiger partial charge is 3.00 e. The standard InChI is InChI=1S/C6H14N.C3H8O.2ClH.Ti/c1-5(2)7-6(3)4;1-2-3-4;;;/h5-6H,1-4H3;4H,2-3H2,1H3;2*1H;/q-1;;;;+3/p-2. The summed E-state index contributed by atoms with van der Waals surface area (Å²) in [5, 5.41) is 12.2. The zero-order chi connectivity index (χ0) is 9.28. The van der Waals surface area contributed by atoms with E-state index in [1.807, 2.05) is 6.92 Å². The van der Waals surface area contributed by atoms with Crippen LogP contribution in [0.4, 0.5) is 0 Å². The summed E-state index contributed by atoms with van der Waals surface area (Å²) in [6.07, 6.45) is 0.875. The van der Waals surface area contributed by atoms with Gasteiger partial charge >= 0.3 is 21.7 Å². The predicted octanol–water partition coefficient (Wildman–Crippen LogP) is -3.43. The van der Waals surface area contributed by atoms with Gasteiger partial charge < -0.3 is 35.2 Å². The van der Waals surface area contributed by atoms with Crippen molar-refractivity contribution in [2.45, 2.75) is 53.1 Å². The van der Waals surface area contributed by atoms with E-state index in [-0.39, 0.29) is 46.5 Å². The molecule has 0 aromatic heterocycles. The van der Waals surface area contributed by atoms with E-state index in [1.54, 1.807) is 0 Å². The Labute approximate surface area is 116 Å². The van der Waals surface area contributed by atoms with Gasteiger partial charge in [0.1, 0.15) is 0 Å². The van der Waals surface area contributed by atoms with Gasteiger partial charge in [-0.3, -0.25) is 0 Å². The number of hydrogen-bond acceptors (Lipinski definition) is 1. The molecular weight excluding hydrogens is 257 g/mol. The van der Waals surface area contributed by atoms with Gasteiger partial charge in [0.25, 0.3) is 0 Å². The van der Waals surface area contributed by atoms with Crippen molar-refractivity contribution < 1.29 is 51.6 Å². The zero-order valence-corrected chi connectivity index (χ0v) is 12.8. The van der Waals surface area contributed by atoms with Gasteiger partial charge in [-0.25, -0.2) is 0 Å². The van der Waals surface area contributed by atoms with Gasteiger partial charge in [-0.2, -0.15) is 0 Å². The molecule has 5 heteroatoms. The third kappa shape index (κ3) is 51.1. The molecule has 14 heavy (non-hydrogen) atoms. The van der Waals surface area contributed by atoms with Crippen LogP contribution in [0.25, 0.3) is 5.32 Å². The SMILES string of the molecule is CC(C)[N-]C(C)C.CCCO.[Cl-].[Cl-].[Ti+3]. The van der Waals surface area contributed by atoms with Crippen molar-refractivity contribution in [1.29, 1.82) is 0 Å². The van der Waals surface area contributed by atoms with Crippen molar-refractivity contribution in [2.75, 3.05) is 6.61 Å².